The fourth-order valence-electron chi connectivity index (χ4n) is 2.61. The van der Waals surface area contributed by atoms with E-state index in [4.69, 9.17) is 0 Å². The monoisotopic (exact) mass is 326 g/mol. The number of nitrogens with one attached hydrogen (secondary N) is 1. The summed E-state index contributed by atoms with van der Waals surface area (Å²) in [4.78, 5) is 12.6. The predicted molar refractivity (Wildman–Crippen MR) is 89.2 cm³/mol. The minimum atomic E-state index is -0.324. The Hall–Kier alpha value is -2.76. The maximum atomic E-state index is 13.4. The molecule has 1 aromatic carbocycles. The van der Waals surface area contributed by atoms with Crippen LogP contribution >= 0.6 is 0 Å². The highest BCUT2D eigenvalue weighted by Gasteiger charge is 2.24. The molecule has 6 heteroatoms. The molecule has 0 aliphatic carbocycles. The number of halogens is 1. The molecule has 1 atom stereocenters. The van der Waals surface area contributed by atoms with Crippen molar-refractivity contribution in [2.24, 2.45) is 5.92 Å². The number of aromatic nitrogens is 3. The van der Waals surface area contributed by atoms with Gasteiger partial charge in [0.05, 0.1) is 6.04 Å². The Bertz CT molecular complexity index is 888. The predicted octanol–water partition coefficient (Wildman–Crippen LogP) is 3.30. The summed E-state index contributed by atoms with van der Waals surface area (Å²) in [5, 5.41) is 11.4. The van der Waals surface area contributed by atoms with Crippen LogP contribution in [-0.4, -0.2) is 20.5 Å². The minimum absolute atomic E-state index is 0.114. The third kappa shape index (κ3) is 2.99. The number of hydrogen-bond acceptors (Lipinski definition) is 3. The van der Waals surface area contributed by atoms with E-state index < -0.39 is 0 Å². The van der Waals surface area contributed by atoms with Crippen LogP contribution in [0.2, 0.25) is 0 Å². The molecule has 124 valence electrons. The summed E-state index contributed by atoms with van der Waals surface area (Å²) in [5.41, 5.74) is 1.59. The Morgan fingerprint density at radius 2 is 2.00 bits per heavy atom. The molecular weight excluding hydrogens is 307 g/mol. The normalized spacial score (nSPS) is 12.5. The van der Waals surface area contributed by atoms with Gasteiger partial charge in [0.25, 0.3) is 5.91 Å². The molecule has 3 rings (SSSR count). The first-order chi connectivity index (χ1) is 11.5. The van der Waals surface area contributed by atoms with E-state index in [0.29, 0.717) is 17.0 Å². The highest BCUT2D eigenvalue weighted by Crippen LogP contribution is 2.21. The van der Waals surface area contributed by atoms with Crippen molar-refractivity contribution in [1.82, 2.24) is 19.9 Å². The van der Waals surface area contributed by atoms with E-state index in [1.54, 1.807) is 13.0 Å². The highest BCUT2D eigenvalue weighted by molar-refractivity contribution is 5.94. The Labute approximate surface area is 139 Å². The van der Waals surface area contributed by atoms with Crippen LogP contribution in [-0.2, 0) is 0 Å². The van der Waals surface area contributed by atoms with Crippen molar-refractivity contribution in [3.05, 3.63) is 65.4 Å². The second kappa shape index (κ2) is 6.39. The summed E-state index contributed by atoms with van der Waals surface area (Å²) in [5.74, 6) is 0.204. The molecule has 0 spiro atoms. The molecule has 0 fully saturated rings. The van der Waals surface area contributed by atoms with Crippen molar-refractivity contribution < 1.29 is 9.18 Å². The second-order valence-corrected chi connectivity index (χ2v) is 6.15. The van der Waals surface area contributed by atoms with Gasteiger partial charge < -0.3 is 5.32 Å². The molecule has 5 nitrogen and oxygen atoms in total. The summed E-state index contributed by atoms with van der Waals surface area (Å²) >= 11 is 0. The van der Waals surface area contributed by atoms with Gasteiger partial charge in [-0.3, -0.25) is 9.20 Å². The van der Waals surface area contributed by atoms with Crippen LogP contribution in [0.3, 0.4) is 0 Å². The van der Waals surface area contributed by atoms with E-state index in [1.807, 2.05) is 42.6 Å². The standard InChI is InChI=1S/C18H19FN4O/c1-11(2)16(17-22-21-15-6-4-5-9-23(15)17)20-18(24)13-7-8-14(19)12(3)10-13/h4-11,16H,1-3H3,(H,20,24). The number of nitrogens with zero attached hydrogens (tertiary/aromatic N) is 3. The average molecular weight is 326 g/mol. The number of carbonyl (C=O) groups is 1. The van der Waals surface area contributed by atoms with Crippen molar-refractivity contribution in [3.8, 4) is 0 Å². The molecule has 0 saturated heterocycles. The van der Waals surface area contributed by atoms with E-state index in [-0.39, 0.29) is 23.7 Å². The summed E-state index contributed by atoms with van der Waals surface area (Å²) in [6, 6.07) is 9.67. The first kappa shape index (κ1) is 16.1. The lowest BCUT2D eigenvalue weighted by Gasteiger charge is -2.21. The number of rotatable bonds is 4. The van der Waals surface area contributed by atoms with Crippen LogP contribution in [0.4, 0.5) is 4.39 Å². The third-order valence-electron chi connectivity index (χ3n) is 3.99. The highest BCUT2D eigenvalue weighted by atomic mass is 19.1. The van der Waals surface area contributed by atoms with Crippen LogP contribution in [0.15, 0.2) is 42.6 Å². The smallest absolute Gasteiger partial charge is 0.251 e. The molecule has 2 heterocycles. The zero-order valence-electron chi connectivity index (χ0n) is 13.8. The Morgan fingerprint density at radius 3 is 2.71 bits per heavy atom. The van der Waals surface area contributed by atoms with Gasteiger partial charge in [0.15, 0.2) is 11.5 Å². The van der Waals surface area contributed by atoms with Gasteiger partial charge in [-0.2, -0.15) is 0 Å². The van der Waals surface area contributed by atoms with Crippen LogP contribution < -0.4 is 5.32 Å². The van der Waals surface area contributed by atoms with Crippen molar-refractivity contribution >= 4 is 11.6 Å². The van der Waals surface area contributed by atoms with Crippen molar-refractivity contribution in [2.75, 3.05) is 0 Å². The number of amides is 1. The van der Waals surface area contributed by atoms with Crippen molar-refractivity contribution in [1.29, 1.82) is 0 Å². The van der Waals surface area contributed by atoms with E-state index in [1.165, 1.54) is 12.1 Å². The summed E-state index contributed by atoms with van der Waals surface area (Å²) in [7, 11) is 0. The maximum Gasteiger partial charge on any atom is 0.251 e. The second-order valence-electron chi connectivity index (χ2n) is 6.15. The molecule has 0 aliphatic heterocycles. The lowest BCUT2D eigenvalue weighted by atomic mass is 10.0. The van der Waals surface area contributed by atoms with Gasteiger partial charge in [-0.05, 0) is 48.7 Å². The van der Waals surface area contributed by atoms with Gasteiger partial charge in [0.1, 0.15) is 5.82 Å². The largest absolute Gasteiger partial charge is 0.342 e. The van der Waals surface area contributed by atoms with Gasteiger partial charge in [-0.1, -0.05) is 19.9 Å². The van der Waals surface area contributed by atoms with Gasteiger partial charge in [-0.15, -0.1) is 10.2 Å². The molecular formula is C18H19FN4O. The number of benzene rings is 1. The minimum Gasteiger partial charge on any atom is -0.342 e. The molecule has 2 aromatic heterocycles. The fourth-order valence-corrected chi connectivity index (χ4v) is 2.61. The Morgan fingerprint density at radius 1 is 1.21 bits per heavy atom. The van der Waals surface area contributed by atoms with Crippen LogP contribution in [0.1, 0.15) is 41.6 Å². The maximum absolute atomic E-state index is 13.4. The first-order valence-corrected chi connectivity index (χ1v) is 7.84. The summed E-state index contributed by atoms with van der Waals surface area (Å²) in [6.45, 7) is 5.65. The van der Waals surface area contributed by atoms with Gasteiger partial charge in [0.2, 0.25) is 0 Å². The Kier molecular flexibility index (Phi) is 4.29. The summed E-state index contributed by atoms with van der Waals surface area (Å²) < 4.78 is 15.3. The van der Waals surface area contributed by atoms with Crippen LogP contribution in [0, 0.1) is 18.7 Å². The molecule has 24 heavy (non-hydrogen) atoms. The van der Waals surface area contributed by atoms with E-state index in [9.17, 15) is 9.18 Å². The van der Waals surface area contributed by atoms with E-state index in [2.05, 4.69) is 15.5 Å². The molecule has 3 aromatic rings. The topological polar surface area (TPSA) is 59.3 Å². The molecule has 1 unspecified atom stereocenters. The van der Waals surface area contributed by atoms with Crippen LogP contribution in [0.25, 0.3) is 5.65 Å². The third-order valence-corrected chi connectivity index (χ3v) is 3.99. The number of fused-ring (bicyclic) bond motifs is 1. The van der Waals surface area contributed by atoms with Gasteiger partial charge in [-0.25, -0.2) is 4.39 Å². The quantitative estimate of drug-likeness (QED) is 0.800. The molecule has 0 saturated carbocycles. The molecule has 0 bridgehead atoms. The van der Waals surface area contributed by atoms with Gasteiger partial charge in [0, 0.05) is 11.8 Å². The fraction of sp³-hybridized carbons (Fsp3) is 0.278. The zero-order valence-corrected chi connectivity index (χ0v) is 13.8. The van der Waals surface area contributed by atoms with Crippen LogP contribution in [0.5, 0.6) is 0 Å². The molecule has 0 aliphatic rings. The zero-order chi connectivity index (χ0) is 17.3. The molecule has 1 N–H and O–H groups in total. The first-order valence-electron chi connectivity index (χ1n) is 7.84. The summed E-state index contributed by atoms with van der Waals surface area (Å²) in [6.07, 6.45) is 1.87. The number of pyridine rings is 1. The lowest BCUT2D eigenvalue weighted by molar-refractivity contribution is 0.0922. The SMILES string of the molecule is Cc1cc(C(=O)NC(c2nnc3ccccn23)C(C)C)ccc1F. The lowest BCUT2D eigenvalue weighted by Crippen LogP contribution is -2.33. The number of hydrogen-bond donors (Lipinski definition) is 1. The van der Waals surface area contributed by atoms with Crippen molar-refractivity contribution in [2.45, 2.75) is 26.8 Å². The Balaban J connectivity index is 1.91. The van der Waals surface area contributed by atoms with Gasteiger partial charge >= 0.3 is 0 Å². The van der Waals surface area contributed by atoms with E-state index >= 15 is 0 Å². The average Bonchev–Trinajstić information content (AvgIpc) is 2.98. The number of aryl methyl sites for hydroxylation is 1. The molecule has 1 amide bonds. The number of carbonyl (C=O) groups excluding carboxylic acids is 1. The van der Waals surface area contributed by atoms with E-state index in [0.717, 1.165) is 5.65 Å². The van der Waals surface area contributed by atoms with Crippen molar-refractivity contribution in [3.63, 3.8) is 0 Å². The molecule has 0 radical (unpaired) electrons.